The number of amides is 1. The maximum absolute atomic E-state index is 12.4. The van der Waals surface area contributed by atoms with E-state index in [0.29, 0.717) is 6.54 Å². The van der Waals surface area contributed by atoms with Crippen molar-refractivity contribution in [3.63, 3.8) is 0 Å². The minimum absolute atomic E-state index is 0.0595. The molecule has 0 unspecified atom stereocenters. The highest BCUT2D eigenvalue weighted by Crippen LogP contribution is 2.27. The van der Waals surface area contributed by atoms with E-state index in [1.807, 2.05) is 0 Å². The van der Waals surface area contributed by atoms with E-state index < -0.39 is 6.61 Å². The van der Waals surface area contributed by atoms with E-state index in [9.17, 15) is 13.6 Å². The second-order valence-corrected chi connectivity index (χ2v) is 5.51. The third kappa shape index (κ3) is 4.80. The van der Waals surface area contributed by atoms with Gasteiger partial charge in [0, 0.05) is 19.2 Å². The van der Waals surface area contributed by atoms with E-state index in [-0.39, 0.29) is 23.8 Å². The van der Waals surface area contributed by atoms with E-state index in [2.05, 4.69) is 31.1 Å². The standard InChI is InChI=1S/C14H14BrF2N3O2/c1-9-2-3-12(22-14(16)17)11(6-9)19-13(21)4-5-20-8-10(15)7-18-20/h2-3,6-8,14H,4-5H2,1H3,(H,19,21). The van der Waals surface area contributed by atoms with Crippen molar-refractivity contribution in [2.75, 3.05) is 5.32 Å². The number of benzene rings is 1. The largest absolute Gasteiger partial charge is 0.433 e. The van der Waals surface area contributed by atoms with Crippen molar-refractivity contribution in [3.05, 3.63) is 40.6 Å². The molecular formula is C14H14BrF2N3O2. The first-order chi connectivity index (χ1) is 10.4. The van der Waals surface area contributed by atoms with E-state index >= 15 is 0 Å². The lowest BCUT2D eigenvalue weighted by Crippen LogP contribution is -2.16. The summed E-state index contributed by atoms with van der Waals surface area (Å²) in [4.78, 5) is 11.9. The number of rotatable bonds is 6. The topological polar surface area (TPSA) is 56.1 Å². The van der Waals surface area contributed by atoms with E-state index in [1.165, 1.54) is 6.07 Å². The molecule has 1 amide bonds. The van der Waals surface area contributed by atoms with Crippen molar-refractivity contribution < 1.29 is 18.3 Å². The molecule has 0 bridgehead atoms. The van der Waals surface area contributed by atoms with Gasteiger partial charge in [0.15, 0.2) is 0 Å². The Kier molecular flexibility index (Phi) is 5.48. The number of aromatic nitrogens is 2. The fourth-order valence-corrected chi connectivity index (χ4v) is 2.16. The Bertz CT molecular complexity index is 661. The molecule has 5 nitrogen and oxygen atoms in total. The molecule has 1 aromatic carbocycles. The Morgan fingerprint density at radius 1 is 1.50 bits per heavy atom. The summed E-state index contributed by atoms with van der Waals surface area (Å²) in [7, 11) is 0. The lowest BCUT2D eigenvalue weighted by atomic mass is 10.2. The molecule has 8 heteroatoms. The van der Waals surface area contributed by atoms with Gasteiger partial charge in [0.05, 0.1) is 16.4 Å². The van der Waals surface area contributed by atoms with Crippen LogP contribution in [0.15, 0.2) is 35.1 Å². The summed E-state index contributed by atoms with van der Waals surface area (Å²) in [6, 6.07) is 4.62. The summed E-state index contributed by atoms with van der Waals surface area (Å²) in [6.07, 6.45) is 3.52. The van der Waals surface area contributed by atoms with Crippen molar-refractivity contribution in [1.82, 2.24) is 9.78 Å². The lowest BCUT2D eigenvalue weighted by Gasteiger charge is -2.12. The predicted octanol–water partition coefficient (Wildman–Crippen LogP) is 3.58. The number of carbonyl (C=O) groups is 1. The number of aryl methyl sites for hydroxylation is 2. The fourth-order valence-electron chi connectivity index (χ4n) is 1.83. The van der Waals surface area contributed by atoms with Crippen molar-refractivity contribution in [1.29, 1.82) is 0 Å². The van der Waals surface area contributed by atoms with Gasteiger partial charge in [-0.25, -0.2) is 0 Å². The third-order valence-electron chi connectivity index (χ3n) is 2.79. The third-order valence-corrected chi connectivity index (χ3v) is 3.20. The number of halogens is 3. The van der Waals surface area contributed by atoms with Crippen LogP contribution < -0.4 is 10.1 Å². The molecule has 0 aliphatic carbocycles. The van der Waals surface area contributed by atoms with E-state index in [0.717, 1.165) is 10.0 Å². The zero-order valence-electron chi connectivity index (χ0n) is 11.7. The van der Waals surface area contributed by atoms with Gasteiger partial charge in [-0.2, -0.15) is 13.9 Å². The van der Waals surface area contributed by atoms with Gasteiger partial charge in [-0.05, 0) is 40.5 Å². The first-order valence-electron chi connectivity index (χ1n) is 6.47. The molecule has 0 atom stereocenters. The van der Waals surface area contributed by atoms with Crippen LogP contribution in [-0.4, -0.2) is 22.3 Å². The Balaban J connectivity index is 1.99. The molecule has 22 heavy (non-hydrogen) atoms. The van der Waals surface area contributed by atoms with Crippen LogP contribution in [0.25, 0.3) is 0 Å². The number of anilines is 1. The van der Waals surface area contributed by atoms with E-state index in [4.69, 9.17) is 0 Å². The zero-order valence-corrected chi connectivity index (χ0v) is 13.3. The van der Waals surface area contributed by atoms with Crippen LogP contribution in [0.4, 0.5) is 14.5 Å². The average Bonchev–Trinajstić information content (AvgIpc) is 2.85. The first kappa shape index (κ1) is 16.4. The molecule has 118 valence electrons. The van der Waals surface area contributed by atoms with Crippen LogP contribution in [0.3, 0.4) is 0 Å². The molecular weight excluding hydrogens is 360 g/mol. The SMILES string of the molecule is Cc1ccc(OC(F)F)c(NC(=O)CCn2cc(Br)cn2)c1. The fraction of sp³-hybridized carbons (Fsp3) is 0.286. The van der Waals surface area contributed by atoms with Gasteiger partial charge in [0.2, 0.25) is 5.91 Å². The molecule has 0 radical (unpaired) electrons. The number of hydrogen-bond donors (Lipinski definition) is 1. The summed E-state index contributed by atoms with van der Waals surface area (Å²) in [5, 5.41) is 6.62. The van der Waals surface area contributed by atoms with Crippen LogP contribution in [0, 0.1) is 6.92 Å². The van der Waals surface area contributed by atoms with Crippen molar-refractivity contribution in [3.8, 4) is 5.75 Å². The van der Waals surface area contributed by atoms with Gasteiger partial charge in [0.25, 0.3) is 0 Å². The molecule has 0 aliphatic heterocycles. The molecule has 0 saturated heterocycles. The van der Waals surface area contributed by atoms with Crippen molar-refractivity contribution in [2.24, 2.45) is 0 Å². The van der Waals surface area contributed by atoms with Gasteiger partial charge in [0.1, 0.15) is 5.75 Å². The smallest absolute Gasteiger partial charge is 0.387 e. The molecule has 0 saturated carbocycles. The number of alkyl halides is 2. The Labute approximate surface area is 134 Å². The summed E-state index contributed by atoms with van der Waals surface area (Å²) < 4.78 is 31.5. The van der Waals surface area contributed by atoms with Crippen molar-refractivity contribution in [2.45, 2.75) is 26.5 Å². The van der Waals surface area contributed by atoms with Crippen LogP contribution in [0.5, 0.6) is 5.75 Å². The second-order valence-electron chi connectivity index (χ2n) is 4.60. The van der Waals surface area contributed by atoms with E-state index in [1.54, 1.807) is 36.1 Å². The van der Waals surface area contributed by atoms with Crippen molar-refractivity contribution >= 4 is 27.5 Å². The summed E-state index contributed by atoms with van der Waals surface area (Å²) in [5.74, 6) is -0.368. The van der Waals surface area contributed by atoms with Crippen LogP contribution in [0.2, 0.25) is 0 Å². The van der Waals surface area contributed by atoms with Crippen LogP contribution in [-0.2, 0) is 11.3 Å². The maximum atomic E-state index is 12.4. The molecule has 1 N–H and O–H groups in total. The van der Waals surface area contributed by atoms with Gasteiger partial charge in [-0.3, -0.25) is 9.48 Å². The summed E-state index contributed by atoms with van der Waals surface area (Å²) in [6.45, 7) is -0.767. The number of hydrogen-bond acceptors (Lipinski definition) is 3. The van der Waals surface area contributed by atoms with Gasteiger partial charge >= 0.3 is 6.61 Å². The number of carbonyl (C=O) groups excluding carboxylic acids is 1. The molecule has 1 heterocycles. The van der Waals surface area contributed by atoms with Crippen LogP contribution >= 0.6 is 15.9 Å². The summed E-state index contributed by atoms with van der Waals surface area (Å²) >= 11 is 3.26. The average molecular weight is 374 g/mol. The predicted molar refractivity (Wildman–Crippen MR) is 81.0 cm³/mol. The number of nitrogens with zero attached hydrogens (tertiary/aromatic N) is 2. The minimum Gasteiger partial charge on any atom is -0.433 e. The highest BCUT2D eigenvalue weighted by Gasteiger charge is 2.12. The maximum Gasteiger partial charge on any atom is 0.387 e. The molecule has 2 aromatic rings. The molecule has 0 fully saturated rings. The van der Waals surface area contributed by atoms with Crippen LogP contribution in [0.1, 0.15) is 12.0 Å². The second kappa shape index (κ2) is 7.35. The zero-order chi connectivity index (χ0) is 16.1. The monoisotopic (exact) mass is 373 g/mol. The minimum atomic E-state index is -2.94. The number of ether oxygens (including phenoxy) is 1. The summed E-state index contributed by atoms with van der Waals surface area (Å²) in [5.41, 5.74) is 1.06. The molecule has 2 rings (SSSR count). The Morgan fingerprint density at radius 3 is 2.91 bits per heavy atom. The highest BCUT2D eigenvalue weighted by atomic mass is 79.9. The molecule has 0 spiro atoms. The van der Waals surface area contributed by atoms with Gasteiger partial charge < -0.3 is 10.1 Å². The first-order valence-corrected chi connectivity index (χ1v) is 7.26. The number of nitrogens with one attached hydrogen (secondary N) is 1. The molecule has 0 aliphatic rings. The highest BCUT2D eigenvalue weighted by molar-refractivity contribution is 9.10. The normalized spacial score (nSPS) is 10.8. The quantitative estimate of drug-likeness (QED) is 0.841. The Hall–Kier alpha value is -1.96. The lowest BCUT2D eigenvalue weighted by molar-refractivity contribution is -0.116. The van der Waals surface area contributed by atoms with Gasteiger partial charge in [-0.1, -0.05) is 6.07 Å². The molecule has 1 aromatic heterocycles. The Morgan fingerprint density at radius 2 is 2.27 bits per heavy atom. The van der Waals surface area contributed by atoms with Gasteiger partial charge in [-0.15, -0.1) is 0 Å².